The Morgan fingerprint density at radius 3 is 2.23 bits per heavy atom. The van der Waals surface area contributed by atoms with Crippen LogP contribution < -0.4 is 5.32 Å². The van der Waals surface area contributed by atoms with Crippen molar-refractivity contribution in [1.29, 1.82) is 0 Å². The van der Waals surface area contributed by atoms with Gasteiger partial charge in [-0.15, -0.1) is 0 Å². The number of hydrogen-bond donors (Lipinski definition) is 1. The van der Waals surface area contributed by atoms with Crippen LogP contribution in [-0.2, 0) is 10.4 Å². The van der Waals surface area contributed by atoms with E-state index in [1.807, 2.05) is 0 Å². The van der Waals surface area contributed by atoms with Crippen LogP contribution in [0.4, 0.5) is 3.89 Å². The van der Waals surface area contributed by atoms with Gasteiger partial charge in [0.25, 0.3) is 0 Å². The molecule has 2 rings (SSSR count). The second-order valence-corrected chi connectivity index (χ2v) is 5.30. The average Bonchev–Trinajstić information content (AvgIpc) is 2.00. The summed E-state index contributed by atoms with van der Waals surface area (Å²) in [6.07, 6.45) is 1.91. The van der Waals surface area contributed by atoms with Crippen molar-refractivity contribution < 1.29 is 12.3 Å². The molecule has 0 aliphatic carbocycles. The lowest BCUT2D eigenvalue weighted by atomic mass is 9.74. The highest BCUT2D eigenvalue weighted by atomic mass is 32.3. The Kier molecular flexibility index (Phi) is 2.08. The van der Waals surface area contributed by atoms with Crippen LogP contribution in [0, 0.1) is 5.41 Å². The molecule has 0 saturated carbocycles. The summed E-state index contributed by atoms with van der Waals surface area (Å²) < 4.78 is 34.3. The summed E-state index contributed by atoms with van der Waals surface area (Å²) >= 11 is 0. The maximum atomic E-state index is 12.5. The zero-order valence-electron chi connectivity index (χ0n) is 7.29. The first kappa shape index (κ1) is 9.36. The maximum Gasteiger partial charge on any atom is 0.374 e. The molecule has 0 aromatic rings. The predicted molar refractivity (Wildman–Crippen MR) is 46.1 cm³/mol. The van der Waals surface area contributed by atoms with E-state index in [1.54, 1.807) is 0 Å². The first-order valence-corrected chi connectivity index (χ1v) is 5.76. The first-order valence-electron chi connectivity index (χ1n) is 4.42. The van der Waals surface area contributed by atoms with E-state index in [0.717, 1.165) is 30.2 Å². The zero-order chi connectivity index (χ0) is 9.53. The van der Waals surface area contributed by atoms with Gasteiger partial charge in [0, 0.05) is 18.5 Å². The number of hydrogen-bond acceptors (Lipinski definition) is 3. The monoisotopic (exact) mass is 208 g/mol. The molecule has 0 atom stereocenters. The standard InChI is InChI=1S/C7H13FN2O2S/c8-13(11,12)10-5-7(6-10)1-3-9-4-2-7/h9H,1-6H2. The molecule has 0 amide bonds. The van der Waals surface area contributed by atoms with Gasteiger partial charge in [-0.3, -0.25) is 0 Å². The molecular weight excluding hydrogens is 195 g/mol. The molecule has 4 nitrogen and oxygen atoms in total. The Balaban J connectivity index is 1.96. The summed E-state index contributed by atoms with van der Waals surface area (Å²) in [4.78, 5) is 0. The third-order valence-corrected chi connectivity index (χ3v) is 3.87. The molecule has 2 aliphatic heterocycles. The number of nitrogens with zero attached hydrogens (tertiary/aromatic N) is 1. The van der Waals surface area contributed by atoms with Crippen molar-refractivity contribution >= 4 is 10.4 Å². The van der Waals surface area contributed by atoms with E-state index in [1.165, 1.54) is 0 Å². The molecule has 2 aliphatic rings. The largest absolute Gasteiger partial charge is 0.374 e. The fourth-order valence-corrected chi connectivity index (χ4v) is 2.99. The molecule has 2 fully saturated rings. The van der Waals surface area contributed by atoms with E-state index in [-0.39, 0.29) is 5.41 Å². The predicted octanol–water partition coefficient (Wildman–Crippen LogP) is -0.114. The lowest BCUT2D eigenvalue weighted by Gasteiger charge is -2.49. The average molecular weight is 208 g/mol. The van der Waals surface area contributed by atoms with Crippen molar-refractivity contribution in [3.63, 3.8) is 0 Å². The van der Waals surface area contributed by atoms with Gasteiger partial charge in [0.15, 0.2) is 0 Å². The number of nitrogens with one attached hydrogen (secondary N) is 1. The molecule has 76 valence electrons. The molecule has 0 unspecified atom stereocenters. The van der Waals surface area contributed by atoms with Crippen molar-refractivity contribution in [1.82, 2.24) is 9.62 Å². The van der Waals surface area contributed by atoms with Gasteiger partial charge < -0.3 is 5.32 Å². The van der Waals surface area contributed by atoms with Gasteiger partial charge in [0.05, 0.1) is 0 Å². The molecule has 0 aromatic carbocycles. The summed E-state index contributed by atoms with van der Waals surface area (Å²) in [5, 5.41) is 3.20. The molecule has 0 aromatic heterocycles. The smallest absolute Gasteiger partial charge is 0.317 e. The van der Waals surface area contributed by atoms with E-state index in [0.29, 0.717) is 13.1 Å². The summed E-state index contributed by atoms with van der Waals surface area (Å²) in [7, 11) is -4.43. The fourth-order valence-electron chi connectivity index (χ4n) is 2.13. The second kappa shape index (κ2) is 2.90. The van der Waals surface area contributed by atoms with Crippen molar-refractivity contribution in [2.24, 2.45) is 5.41 Å². The van der Waals surface area contributed by atoms with E-state index in [4.69, 9.17) is 0 Å². The van der Waals surface area contributed by atoms with E-state index < -0.39 is 10.4 Å². The lowest BCUT2D eigenvalue weighted by molar-refractivity contribution is 0.0339. The highest BCUT2D eigenvalue weighted by Crippen LogP contribution is 2.40. The summed E-state index contributed by atoms with van der Waals surface area (Å²) in [6.45, 7) is 2.57. The maximum absolute atomic E-state index is 12.5. The highest BCUT2D eigenvalue weighted by molar-refractivity contribution is 7.84. The number of rotatable bonds is 1. The Morgan fingerprint density at radius 1 is 1.23 bits per heavy atom. The molecule has 6 heteroatoms. The van der Waals surface area contributed by atoms with E-state index in [2.05, 4.69) is 5.32 Å². The van der Waals surface area contributed by atoms with Crippen molar-refractivity contribution in [3.05, 3.63) is 0 Å². The Bertz CT molecular complexity index is 290. The highest BCUT2D eigenvalue weighted by Gasteiger charge is 2.48. The fraction of sp³-hybridized carbons (Fsp3) is 1.00. The molecule has 1 N–H and O–H groups in total. The van der Waals surface area contributed by atoms with Crippen molar-refractivity contribution in [3.8, 4) is 0 Å². The van der Waals surface area contributed by atoms with Crippen LogP contribution in [0.1, 0.15) is 12.8 Å². The molecule has 2 heterocycles. The van der Waals surface area contributed by atoms with Crippen LogP contribution in [0.3, 0.4) is 0 Å². The minimum Gasteiger partial charge on any atom is -0.317 e. The lowest BCUT2D eigenvalue weighted by Crippen LogP contribution is -2.60. The van der Waals surface area contributed by atoms with Crippen LogP contribution in [0.2, 0.25) is 0 Å². The van der Waals surface area contributed by atoms with Crippen LogP contribution >= 0.6 is 0 Å². The SMILES string of the molecule is O=S(=O)(F)N1CC2(CCNCC2)C1. The van der Waals surface area contributed by atoms with Gasteiger partial charge in [-0.25, -0.2) is 0 Å². The number of halogens is 1. The van der Waals surface area contributed by atoms with Crippen LogP contribution in [0.5, 0.6) is 0 Å². The summed E-state index contributed by atoms with van der Waals surface area (Å²) in [5.41, 5.74) is 0.0738. The quantitative estimate of drug-likeness (QED) is 0.611. The molecule has 2 saturated heterocycles. The van der Waals surface area contributed by atoms with Gasteiger partial charge in [0.2, 0.25) is 0 Å². The molecular formula is C7H13FN2O2S. The molecule has 0 bridgehead atoms. The molecule has 0 radical (unpaired) electrons. The third-order valence-electron chi connectivity index (χ3n) is 3.00. The van der Waals surface area contributed by atoms with E-state index >= 15 is 0 Å². The minimum absolute atomic E-state index is 0.0738. The molecule has 1 spiro atoms. The third kappa shape index (κ3) is 1.70. The topological polar surface area (TPSA) is 49.4 Å². The minimum atomic E-state index is -4.43. The van der Waals surface area contributed by atoms with Crippen LogP contribution in [-0.4, -0.2) is 38.9 Å². The van der Waals surface area contributed by atoms with Gasteiger partial charge in [0.1, 0.15) is 0 Å². The van der Waals surface area contributed by atoms with E-state index in [9.17, 15) is 12.3 Å². The van der Waals surface area contributed by atoms with Gasteiger partial charge in [-0.2, -0.15) is 12.7 Å². The second-order valence-electron chi connectivity index (χ2n) is 3.96. The summed E-state index contributed by atoms with van der Waals surface area (Å²) in [5.74, 6) is 0. The first-order chi connectivity index (χ1) is 6.02. The van der Waals surface area contributed by atoms with Crippen LogP contribution in [0.15, 0.2) is 0 Å². The zero-order valence-corrected chi connectivity index (χ0v) is 8.11. The Morgan fingerprint density at radius 2 is 1.77 bits per heavy atom. The van der Waals surface area contributed by atoms with Gasteiger partial charge in [-0.1, -0.05) is 3.89 Å². The Hall–Kier alpha value is -0.200. The number of piperidine rings is 1. The van der Waals surface area contributed by atoms with Crippen molar-refractivity contribution in [2.45, 2.75) is 12.8 Å². The van der Waals surface area contributed by atoms with Gasteiger partial charge in [-0.05, 0) is 25.9 Å². The normalized spacial score (nSPS) is 28.7. The Labute approximate surface area is 77.4 Å². The van der Waals surface area contributed by atoms with Crippen molar-refractivity contribution in [2.75, 3.05) is 26.2 Å². The summed E-state index contributed by atoms with van der Waals surface area (Å²) in [6, 6.07) is 0. The molecule has 13 heavy (non-hydrogen) atoms. The van der Waals surface area contributed by atoms with Crippen LogP contribution in [0.25, 0.3) is 0 Å². The van der Waals surface area contributed by atoms with Gasteiger partial charge >= 0.3 is 10.4 Å².